The third-order valence-electron chi connectivity index (χ3n) is 3.01. The Bertz CT molecular complexity index is 404. The molecular formula is C14H24ClN3O2. The molecule has 20 heavy (non-hydrogen) atoms. The van der Waals surface area contributed by atoms with E-state index in [9.17, 15) is 0 Å². The van der Waals surface area contributed by atoms with Crippen LogP contribution in [0.25, 0.3) is 0 Å². The summed E-state index contributed by atoms with van der Waals surface area (Å²) in [5.74, 6) is 0.771. The lowest BCUT2D eigenvalue weighted by Crippen LogP contribution is -2.39. The fourth-order valence-corrected chi connectivity index (χ4v) is 2.34. The van der Waals surface area contributed by atoms with Crippen molar-refractivity contribution in [1.82, 2.24) is 10.3 Å². The second kappa shape index (κ2) is 9.13. The van der Waals surface area contributed by atoms with Crippen molar-refractivity contribution in [1.29, 1.82) is 0 Å². The molecule has 0 amide bonds. The molecule has 0 fully saturated rings. The van der Waals surface area contributed by atoms with Crippen LogP contribution in [0.4, 0.5) is 5.82 Å². The number of anilines is 1. The predicted molar refractivity (Wildman–Crippen MR) is 82.6 cm³/mol. The van der Waals surface area contributed by atoms with Gasteiger partial charge in [-0.2, -0.15) is 0 Å². The molecule has 0 radical (unpaired) electrons. The number of hydrogen-bond donors (Lipinski definition) is 1. The Hall–Kier alpha value is -0.880. The molecule has 0 saturated carbocycles. The number of ether oxygens (including phenoxy) is 2. The van der Waals surface area contributed by atoms with Crippen LogP contribution in [-0.4, -0.2) is 52.1 Å². The van der Waals surface area contributed by atoms with Crippen LogP contribution in [0.5, 0.6) is 0 Å². The van der Waals surface area contributed by atoms with Crippen LogP contribution < -0.4 is 10.2 Å². The average Bonchev–Trinajstić information content (AvgIpc) is 2.42. The van der Waals surface area contributed by atoms with Gasteiger partial charge in [0.15, 0.2) is 0 Å². The van der Waals surface area contributed by atoms with Crippen LogP contribution in [0.15, 0.2) is 12.3 Å². The third-order valence-corrected chi connectivity index (χ3v) is 3.29. The van der Waals surface area contributed by atoms with Gasteiger partial charge in [0.05, 0.1) is 24.3 Å². The quantitative estimate of drug-likeness (QED) is 0.755. The Morgan fingerprint density at radius 3 is 2.70 bits per heavy atom. The van der Waals surface area contributed by atoms with Gasteiger partial charge in [-0.25, -0.2) is 4.98 Å². The van der Waals surface area contributed by atoms with E-state index in [4.69, 9.17) is 21.1 Å². The molecule has 0 saturated heterocycles. The lowest BCUT2D eigenvalue weighted by atomic mass is 10.2. The molecule has 1 aromatic rings. The number of halogens is 1. The number of nitrogens with one attached hydrogen (secondary N) is 1. The van der Waals surface area contributed by atoms with Crippen molar-refractivity contribution in [2.24, 2.45) is 0 Å². The normalized spacial score (nSPS) is 12.4. The molecule has 1 heterocycles. The first-order valence-electron chi connectivity index (χ1n) is 6.67. The molecule has 1 aromatic heterocycles. The molecule has 1 unspecified atom stereocenters. The van der Waals surface area contributed by atoms with Gasteiger partial charge in [0.25, 0.3) is 0 Å². The van der Waals surface area contributed by atoms with Gasteiger partial charge in [-0.15, -0.1) is 0 Å². The van der Waals surface area contributed by atoms with Crippen molar-refractivity contribution in [2.45, 2.75) is 19.5 Å². The van der Waals surface area contributed by atoms with Gasteiger partial charge in [0, 0.05) is 33.5 Å². The van der Waals surface area contributed by atoms with E-state index in [0.29, 0.717) is 18.2 Å². The average molecular weight is 302 g/mol. The van der Waals surface area contributed by atoms with Crippen molar-refractivity contribution in [3.63, 3.8) is 0 Å². The fraction of sp³-hybridized carbons (Fsp3) is 0.643. The fourth-order valence-electron chi connectivity index (χ4n) is 2.04. The van der Waals surface area contributed by atoms with Crippen molar-refractivity contribution in [3.8, 4) is 0 Å². The summed E-state index contributed by atoms with van der Waals surface area (Å²) in [5.41, 5.74) is 1.06. The van der Waals surface area contributed by atoms with Gasteiger partial charge in [0.2, 0.25) is 0 Å². The molecule has 6 heteroatoms. The monoisotopic (exact) mass is 301 g/mol. The lowest BCUT2D eigenvalue weighted by Gasteiger charge is -2.30. The SMILES string of the molecule is CNCc1cnc(N(CCOC)C(C)COC)c(Cl)c1. The highest BCUT2D eigenvalue weighted by Gasteiger charge is 2.18. The van der Waals surface area contributed by atoms with Gasteiger partial charge in [-0.3, -0.25) is 0 Å². The number of pyridine rings is 1. The Labute approximate surface area is 126 Å². The van der Waals surface area contributed by atoms with E-state index in [1.165, 1.54) is 0 Å². The van der Waals surface area contributed by atoms with Gasteiger partial charge in [-0.05, 0) is 25.6 Å². The summed E-state index contributed by atoms with van der Waals surface area (Å²) in [6.07, 6.45) is 1.84. The third kappa shape index (κ3) is 4.90. The highest BCUT2D eigenvalue weighted by atomic mass is 35.5. The second-order valence-electron chi connectivity index (χ2n) is 4.67. The number of hydrogen-bond acceptors (Lipinski definition) is 5. The largest absolute Gasteiger partial charge is 0.383 e. The summed E-state index contributed by atoms with van der Waals surface area (Å²) in [6, 6.07) is 2.12. The highest BCUT2D eigenvalue weighted by Crippen LogP contribution is 2.25. The molecule has 5 nitrogen and oxygen atoms in total. The molecular weight excluding hydrogens is 278 g/mol. The Balaban J connectivity index is 2.94. The van der Waals surface area contributed by atoms with Gasteiger partial charge < -0.3 is 19.7 Å². The van der Waals surface area contributed by atoms with Gasteiger partial charge >= 0.3 is 0 Å². The zero-order valence-electron chi connectivity index (χ0n) is 12.6. The summed E-state index contributed by atoms with van der Waals surface area (Å²) in [6.45, 7) is 4.78. The number of aromatic nitrogens is 1. The van der Waals surface area contributed by atoms with Crippen LogP contribution >= 0.6 is 11.6 Å². The van der Waals surface area contributed by atoms with E-state index in [0.717, 1.165) is 24.5 Å². The van der Waals surface area contributed by atoms with E-state index in [2.05, 4.69) is 22.1 Å². The highest BCUT2D eigenvalue weighted by molar-refractivity contribution is 6.33. The standard InChI is InChI=1S/C14H24ClN3O2/c1-11(10-20-4)18(5-6-19-3)14-13(15)7-12(8-16-2)9-17-14/h7,9,11,16H,5-6,8,10H2,1-4H3. The molecule has 0 aliphatic heterocycles. The first-order valence-corrected chi connectivity index (χ1v) is 7.05. The zero-order chi connectivity index (χ0) is 15.0. The van der Waals surface area contributed by atoms with Crippen LogP contribution in [0, 0.1) is 0 Å². The van der Waals surface area contributed by atoms with E-state index in [-0.39, 0.29) is 6.04 Å². The summed E-state index contributed by atoms with van der Waals surface area (Å²) in [4.78, 5) is 6.61. The molecule has 0 aromatic carbocycles. The Morgan fingerprint density at radius 2 is 2.15 bits per heavy atom. The molecule has 114 valence electrons. The van der Waals surface area contributed by atoms with Gasteiger partial charge in [-0.1, -0.05) is 11.6 Å². The van der Waals surface area contributed by atoms with Crippen molar-refractivity contribution in [2.75, 3.05) is 45.9 Å². The minimum atomic E-state index is 0.176. The maximum Gasteiger partial charge on any atom is 0.147 e. The number of rotatable bonds is 9. The van der Waals surface area contributed by atoms with Crippen molar-refractivity contribution >= 4 is 17.4 Å². The van der Waals surface area contributed by atoms with Crippen LogP contribution in [-0.2, 0) is 16.0 Å². The lowest BCUT2D eigenvalue weighted by molar-refractivity contribution is 0.170. The maximum absolute atomic E-state index is 6.37. The first kappa shape index (κ1) is 17.2. The van der Waals surface area contributed by atoms with E-state index in [1.54, 1.807) is 14.2 Å². The Morgan fingerprint density at radius 1 is 1.40 bits per heavy atom. The maximum atomic E-state index is 6.37. The minimum Gasteiger partial charge on any atom is -0.383 e. The summed E-state index contributed by atoms with van der Waals surface area (Å²) in [7, 11) is 5.27. The van der Waals surface area contributed by atoms with Crippen LogP contribution in [0.3, 0.4) is 0 Å². The molecule has 1 atom stereocenters. The number of nitrogens with zero attached hydrogens (tertiary/aromatic N) is 2. The molecule has 1 rings (SSSR count). The topological polar surface area (TPSA) is 46.6 Å². The molecule has 1 N–H and O–H groups in total. The summed E-state index contributed by atoms with van der Waals surface area (Å²) >= 11 is 6.37. The molecule has 0 bridgehead atoms. The van der Waals surface area contributed by atoms with Crippen LogP contribution in [0.1, 0.15) is 12.5 Å². The van der Waals surface area contributed by atoms with Crippen molar-refractivity contribution < 1.29 is 9.47 Å². The molecule has 0 aliphatic rings. The minimum absolute atomic E-state index is 0.176. The predicted octanol–water partition coefficient (Wildman–Crippen LogP) is 1.94. The van der Waals surface area contributed by atoms with Gasteiger partial charge in [0.1, 0.15) is 5.82 Å². The second-order valence-corrected chi connectivity index (χ2v) is 5.08. The molecule has 0 aliphatic carbocycles. The number of methoxy groups -OCH3 is 2. The van der Waals surface area contributed by atoms with E-state index >= 15 is 0 Å². The van der Waals surface area contributed by atoms with Crippen molar-refractivity contribution in [3.05, 3.63) is 22.8 Å². The first-order chi connectivity index (χ1) is 9.63. The van der Waals surface area contributed by atoms with E-state index < -0.39 is 0 Å². The summed E-state index contributed by atoms with van der Waals surface area (Å²) < 4.78 is 10.4. The van der Waals surface area contributed by atoms with Crippen LogP contribution in [0.2, 0.25) is 5.02 Å². The molecule has 0 spiro atoms. The zero-order valence-corrected chi connectivity index (χ0v) is 13.4. The summed E-state index contributed by atoms with van der Waals surface area (Å²) in [5, 5.41) is 3.73. The Kier molecular flexibility index (Phi) is 7.84. The smallest absolute Gasteiger partial charge is 0.147 e. The van der Waals surface area contributed by atoms with E-state index in [1.807, 2.05) is 19.3 Å².